The third-order valence-corrected chi connectivity index (χ3v) is 6.68. The van der Waals surface area contributed by atoms with Gasteiger partial charge in [-0.15, -0.1) is 11.3 Å². The first-order chi connectivity index (χ1) is 15.0. The minimum absolute atomic E-state index is 0.144. The van der Waals surface area contributed by atoms with Crippen molar-refractivity contribution < 1.29 is 18.7 Å². The molecule has 0 saturated heterocycles. The van der Waals surface area contributed by atoms with E-state index in [0.717, 1.165) is 42.5 Å². The lowest BCUT2D eigenvalue weighted by atomic mass is 9.96. The van der Waals surface area contributed by atoms with E-state index in [1.807, 2.05) is 0 Å². The lowest BCUT2D eigenvalue weighted by Crippen LogP contribution is -2.18. The normalized spacial score (nSPS) is 13.7. The highest BCUT2D eigenvalue weighted by Crippen LogP contribution is 2.37. The summed E-state index contributed by atoms with van der Waals surface area (Å²) in [7, 11) is 0. The van der Waals surface area contributed by atoms with Crippen LogP contribution in [0.15, 0.2) is 40.8 Å². The van der Waals surface area contributed by atoms with Crippen LogP contribution in [0, 0.1) is 0 Å². The van der Waals surface area contributed by atoms with Crippen LogP contribution in [0.4, 0.5) is 5.00 Å². The van der Waals surface area contributed by atoms with Crippen LogP contribution in [0.5, 0.6) is 5.75 Å². The third-order valence-electron chi connectivity index (χ3n) is 5.22. The predicted octanol–water partition coefficient (Wildman–Crippen LogP) is 5.58. The molecule has 0 atom stereocenters. The van der Waals surface area contributed by atoms with Crippen molar-refractivity contribution in [2.24, 2.45) is 5.73 Å². The molecule has 1 aliphatic carbocycles. The van der Waals surface area contributed by atoms with E-state index in [1.165, 1.54) is 17.8 Å². The maximum absolute atomic E-state index is 12.8. The zero-order valence-electron chi connectivity index (χ0n) is 16.9. The Hall–Kier alpha value is -2.77. The lowest BCUT2D eigenvalue weighted by molar-refractivity contribution is 0.0993. The van der Waals surface area contributed by atoms with Gasteiger partial charge in [0.15, 0.2) is 5.76 Å². The van der Waals surface area contributed by atoms with Crippen LogP contribution in [0.3, 0.4) is 0 Å². The van der Waals surface area contributed by atoms with Crippen LogP contribution < -0.4 is 15.8 Å². The number of ether oxygens (including phenoxy) is 1. The summed E-state index contributed by atoms with van der Waals surface area (Å²) < 4.78 is 11.3. The van der Waals surface area contributed by atoms with Gasteiger partial charge < -0.3 is 20.2 Å². The number of halogens is 1. The predicted molar refractivity (Wildman–Crippen MR) is 121 cm³/mol. The Morgan fingerprint density at radius 3 is 2.55 bits per heavy atom. The van der Waals surface area contributed by atoms with Gasteiger partial charge in [-0.2, -0.15) is 0 Å². The average molecular weight is 459 g/mol. The summed E-state index contributed by atoms with van der Waals surface area (Å²) in [5.41, 5.74) is 7.09. The fraction of sp³-hybridized carbons (Fsp3) is 0.304. The minimum atomic E-state index is -0.509. The van der Waals surface area contributed by atoms with E-state index in [9.17, 15) is 9.59 Å². The smallest absolute Gasteiger partial charge is 0.291 e. The molecule has 3 N–H and O–H groups in total. The molecule has 8 heteroatoms. The second kappa shape index (κ2) is 9.58. The van der Waals surface area contributed by atoms with Crippen LogP contribution in [0.25, 0.3) is 0 Å². The van der Waals surface area contributed by atoms with Gasteiger partial charge in [-0.3, -0.25) is 9.59 Å². The van der Waals surface area contributed by atoms with Gasteiger partial charge in [0.2, 0.25) is 0 Å². The van der Waals surface area contributed by atoms with Crippen molar-refractivity contribution in [1.82, 2.24) is 0 Å². The number of rotatable bonds is 6. The molecule has 3 aromatic rings. The molecule has 31 heavy (non-hydrogen) atoms. The van der Waals surface area contributed by atoms with Crippen LogP contribution in [0.2, 0.25) is 5.02 Å². The third kappa shape index (κ3) is 5.11. The standard InChI is InChI=1S/C23H23ClN2O4S/c24-14-7-9-15(10-8-14)29-13-16-11-12-18(30-16)22(28)26-23-20(21(25)27)17-5-3-1-2-4-6-19(17)31-23/h7-12H,1-6,13H2,(H2,25,27)(H,26,28). The summed E-state index contributed by atoms with van der Waals surface area (Å²) in [5, 5.41) is 3.95. The van der Waals surface area contributed by atoms with Gasteiger partial charge in [0.05, 0.1) is 5.56 Å². The quantitative estimate of drug-likeness (QED) is 0.503. The van der Waals surface area contributed by atoms with Gasteiger partial charge in [0, 0.05) is 9.90 Å². The Morgan fingerprint density at radius 1 is 1.06 bits per heavy atom. The van der Waals surface area contributed by atoms with Crippen molar-refractivity contribution >= 4 is 39.8 Å². The lowest BCUT2D eigenvalue weighted by Gasteiger charge is -2.10. The zero-order valence-corrected chi connectivity index (χ0v) is 18.5. The Kier molecular flexibility index (Phi) is 6.63. The first-order valence-electron chi connectivity index (χ1n) is 10.2. The Bertz CT molecular complexity index is 1090. The summed E-state index contributed by atoms with van der Waals surface area (Å²) in [6.45, 7) is 0.175. The second-order valence-corrected chi connectivity index (χ2v) is 8.99. The molecule has 0 aliphatic heterocycles. The molecule has 0 unspecified atom stereocenters. The first-order valence-corrected chi connectivity index (χ1v) is 11.4. The molecular formula is C23H23ClN2O4S. The number of fused-ring (bicyclic) bond motifs is 1. The number of primary amides is 1. The molecule has 2 heterocycles. The molecule has 1 aliphatic rings. The number of nitrogens with one attached hydrogen (secondary N) is 1. The summed E-state index contributed by atoms with van der Waals surface area (Å²) >= 11 is 7.31. The van der Waals surface area contributed by atoms with E-state index in [-0.39, 0.29) is 12.4 Å². The number of carbonyl (C=O) groups excluding carboxylic acids is 2. The van der Waals surface area contributed by atoms with Crippen molar-refractivity contribution in [3.8, 4) is 5.75 Å². The average Bonchev–Trinajstić information content (AvgIpc) is 3.32. The summed E-state index contributed by atoms with van der Waals surface area (Å²) in [4.78, 5) is 26.0. The zero-order chi connectivity index (χ0) is 21.8. The van der Waals surface area contributed by atoms with Gasteiger partial charge in [-0.25, -0.2) is 0 Å². The van der Waals surface area contributed by atoms with Crippen molar-refractivity contribution in [2.45, 2.75) is 45.1 Å². The molecular weight excluding hydrogens is 436 g/mol. The molecule has 0 fully saturated rings. The highest BCUT2D eigenvalue weighted by atomic mass is 35.5. The fourth-order valence-electron chi connectivity index (χ4n) is 3.70. The molecule has 162 valence electrons. The molecule has 0 spiro atoms. The monoisotopic (exact) mass is 458 g/mol. The van der Waals surface area contributed by atoms with Gasteiger partial charge in [-0.05, 0) is 67.6 Å². The molecule has 6 nitrogen and oxygen atoms in total. The van der Waals surface area contributed by atoms with Gasteiger partial charge >= 0.3 is 0 Å². The number of hydrogen-bond donors (Lipinski definition) is 2. The highest BCUT2D eigenvalue weighted by Gasteiger charge is 2.24. The number of carbonyl (C=O) groups is 2. The van der Waals surface area contributed by atoms with Crippen LogP contribution in [-0.2, 0) is 19.4 Å². The maximum atomic E-state index is 12.8. The number of amides is 2. The minimum Gasteiger partial charge on any atom is -0.486 e. The number of anilines is 1. The second-order valence-electron chi connectivity index (χ2n) is 7.45. The number of furan rings is 1. The number of hydrogen-bond acceptors (Lipinski definition) is 5. The molecule has 0 radical (unpaired) electrons. The van der Waals surface area contributed by atoms with Gasteiger partial charge in [0.1, 0.15) is 23.1 Å². The fourth-order valence-corrected chi connectivity index (χ4v) is 5.11. The van der Waals surface area contributed by atoms with Crippen molar-refractivity contribution in [3.63, 3.8) is 0 Å². The van der Waals surface area contributed by atoms with Gasteiger partial charge in [-0.1, -0.05) is 24.4 Å². The van der Waals surface area contributed by atoms with E-state index < -0.39 is 11.8 Å². The Morgan fingerprint density at radius 2 is 1.81 bits per heavy atom. The van der Waals surface area contributed by atoms with Gasteiger partial charge in [0.25, 0.3) is 11.8 Å². The summed E-state index contributed by atoms with van der Waals surface area (Å²) in [6.07, 6.45) is 6.14. The SMILES string of the molecule is NC(=O)c1c(NC(=O)c2ccc(COc3ccc(Cl)cc3)o2)sc2c1CCCCCC2. The molecule has 2 aromatic heterocycles. The van der Waals surface area contributed by atoms with Crippen molar-refractivity contribution in [2.75, 3.05) is 5.32 Å². The van der Waals surface area contributed by atoms with Crippen molar-refractivity contribution in [3.05, 3.63) is 68.9 Å². The van der Waals surface area contributed by atoms with E-state index >= 15 is 0 Å². The molecule has 0 saturated carbocycles. The van der Waals surface area contributed by atoms with Crippen LogP contribution in [0.1, 0.15) is 62.8 Å². The molecule has 1 aromatic carbocycles. The van der Waals surface area contributed by atoms with E-state index in [4.69, 9.17) is 26.5 Å². The number of thiophene rings is 1. The summed E-state index contributed by atoms with van der Waals surface area (Å²) in [6, 6.07) is 10.3. The molecule has 4 rings (SSSR count). The molecule has 2 amide bonds. The Balaban J connectivity index is 1.46. The van der Waals surface area contributed by atoms with E-state index in [2.05, 4.69) is 5.32 Å². The first kappa shape index (κ1) is 21.5. The van der Waals surface area contributed by atoms with Crippen molar-refractivity contribution in [1.29, 1.82) is 0 Å². The largest absolute Gasteiger partial charge is 0.486 e. The van der Waals surface area contributed by atoms with E-state index in [1.54, 1.807) is 36.4 Å². The summed E-state index contributed by atoms with van der Waals surface area (Å²) in [5.74, 6) is 0.368. The number of nitrogens with two attached hydrogens (primary N) is 1. The Labute approximate surface area is 189 Å². The maximum Gasteiger partial charge on any atom is 0.291 e. The van der Waals surface area contributed by atoms with Crippen LogP contribution >= 0.6 is 22.9 Å². The highest BCUT2D eigenvalue weighted by molar-refractivity contribution is 7.17. The number of benzene rings is 1. The van der Waals surface area contributed by atoms with Crippen LogP contribution in [-0.4, -0.2) is 11.8 Å². The van der Waals surface area contributed by atoms with E-state index in [0.29, 0.717) is 27.1 Å². The number of aryl methyl sites for hydroxylation is 1. The topological polar surface area (TPSA) is 94.6 Å². The molecule has 0 bridgehead atoms.